The van der Waals surface area contributed by atoms with E-state index in [1.165, 1.54) is 0 Å². The Balaban J connectivity index is 1.17. The number of carbonyl (C=O) groups is 4. The van der Waals surface area contributed by atoms with Gasteiger partial charge in [-0.15, -0.1) is 0 Å². The molecule has 12 heteroatoms. The molecule has 3 aromatic carbocycles. The van der Waals surface area contributed by atoms with E-state index in [9.17, 15) is 24.3 Å². The molecule has 2 N–H and O–H groups in total. The number of nitrogens with zero attached hydrogens (tertiary/aromatic N) is 4. The molecular weight excluding hydrogens is 689 g/mol. The topological polar surface area (TPSA) is 131 Å². The van der Waals surface area contributed by atoms with Crippen molar-refractivity contribution in [3.63, 3.8) is 0 Å². The molecule has 3 saturated heterocycles. The van der Waals surface area contributed by atoms with Crippen molar-refractivity contribution in [2.45, 2.75) is 94.9 Å². The van der Waals surface area contributed by atoms with E-state index in [0.29, 0.717) is 55.8 Å². The number of aliphatic hydroxyl groups excluding tert-OH is 1. The minimum atomic E-state index is -3.09. The molecule has 5 aliphatic heterocycles. The second-order valence-corrected chi connectivity index (χ2v) is 19.9. The van der Waals surface area contributed by atoms with Crippen LogP contribution in [-0.2, 0) is 49.0 Å². The molecule has 0 aliphatic carbocycles. The largest absolute Gasteiger partial charge is 0.432 e. The molecule has 1 spiro atoms. The number of anilines is 3. The van der Waals surface area contributed by atoms with Crippen LogP contribution in [-0.4, -0.2) is 78.6 Å². The Morgan fingerprint density at radius 1 is 0.906 bits per heavy atom. The first-order valence-corrected chi connectivity index (χ1v) is 22.0. The van der Waals surface area contributed by atoms with Crippen LogP contribution in [0.3, 0.4) is 0 Å². The maximum Gasteiger partial charge on any atom is 0.264 e. The maximum absolute atomic E-state index is 15.2. The summed E-state index contributed by atoms with van der Waals surface area (Å²) >= 11 is 0. The van der Waals surface area contributed by atoms with E-state index >= 15 is 4.79 Å². The molecule has 53 heavy (non-hydrogen) atoms. The highest BCUT2D eigenvalue weighted by molar-refractivity contribution is 6.71. The zero-order valence-corrected chi connectivity index (χ0v) is 31.7. The summed E-state index contributed by atoms with van der Waals surface area (Å²) in [4.78, 5) is 73.9. The Morgan fingerprint density at radius 2 is 1.58 bits per heavy atom. The number of rotatable bonds is 8. The van der Waals surface area contributed by atoms with E-state index in [1.807, 2.05) is 86.7 Å². The van der Waals surface area contributed by atoms with Crippen LogP contribution in [0.5, 0.6) is 0 Å². The first kappa shape index (κ1) is 35.7. The number of fused-ring (bicyclic) bond motifs is 3. The second-order valence-electron chi connectivity index (χ2n) is 16.0. The maximum atomic E-state index is 15.2. The number of hydrogen-bond donors (Lipinski definition) is 2. The molecule has 0 radical (unpaired) electrons. The van der Waals surface area contributed by atoms with Gasteiger partial charge in [-0.3, -0.25) is 19.2 Å². The predicted molar refractivity (Wildman–Crippen MR) is 203 cm³/mol. The molecule has 11 nitrogen and oxygen atoms in total. The molecular formula is C41H48N4O7Si. The highest BCUT2D eigenvalue weighted by Gasteiger charge is 2.66. The van der Waals surface area contributed by atoms with Gasteiger partial charge >= 0.3 is 0 Å². The van der Waals surface area contributed by atoms with Crippen LogP contribution in [0.2, 0.25) is 18.6 Å². The summed E-state index contributed by atoms with van der Waals surface area (Å²) in [7, 11) is -3.09. The normalized spacial score (nSPS) is 27.0. The quantitative estimate of drug-likeness (QED) is 0.323. The third kappa shape index (κ3) is 6.00. The predicted octanol–water partition coefficient (Wildman–Crippen LogP) is 4.62. The molecule has 3 aromatic rings. The van der Waals surface area contributed by atoms with Crippen molar-refractivity contribution < 1.29 is 33.8 Å². The fourth-order valence-corrected chi connectivity index (χ4v) is 12.3. The summed E-state index contributed by atoms with van der Waals surface area (Å²) in [6, 6.07) is 21.0. The number of carbonyl (C=O) groups excluding carboxylic acids is 4. The number of ether oxygens (including phenoxy) is 1. The lowest BCUT2D eigenvalue weighted by atomic mass is 9.82. The van der Waals surface area contributed by atoms with Crippen LogP contribution in [0.1, 0.15) is 61.3 Å². The summed E-state index contributed by atoms with van der Waals surface area (Å²) in [5, 5.41) is 10.4. The third-order valence-electron chi connectivity index (χ3n) is 12.3. The smallest absolute Gasteiger partial charge is 0.264 e. The molecule has 0 unspecified atom stereocenters. The molecule has 5 aliphatic rings. The molecule has 278 valence electrons. The Bertz CT molecular complexity index is 1980. The summed E-state index contributed by atoms with van der Waals surface area (Å²) in [6.45, 7) is 7.28. The first-order chi connectivity index (χ1) is 25.4. The molecule has 5 atom stereocenters. The average molecular weight is 737 g/mol. The number of benzene rings is 3. The minimum Gasteiger partial charge on any atom is -0.432 e. The van der Waals surface area contributed by atoms with Crippen molar-refractivity contribution in [1.29, 1.82) is 0 Å². The first-order valence-electron chi connectivity index (χ1n) is 18.9. The van der Waals surface area contributed by atoms with E-state index in [-0.39, 0.29) is 49.2 Å². The van der Waals surface area contributed by atoms with E-state index in [0.717, 1.165) is 35.2 Å². The van der Waals surface area contributed by atoms with Crippen molar-refractivity contribution >= 4 is 49.0 Å². The van der Waals surface area contributed by atoms with E-state index in [4.69, 9.17) is 4.74 Å². The monoisotopic (exact) mass is 736 g/mol. The number of amides is 4. The van der Waals surface area contributed by atoms with Gasteiger partial charge in [0.2, 0.25) is 17.7 Å². The van der Waals surface area contributed by atoms with Gasteiger partial charge in [0, 0.05) is 60.9 Å². The van der Waals surface area contributed by atoms with Gasteiger partial charge in [-0.1, -0.05) is 43.3 Å². The Hall–Kier alpha value is -4.36. The lowest BCUT2D eigenvalue weighted by molar-refractivity contribution is -0.151. The number of hydrogen-bond acceptors (Lipinski definition) is 7. The van der Waals surface area contributed by atoms with Gasteiger partial charge in [0.05, 0.1) is 37.4 Å². The highest BCUT2D eigenvalue weighted by atomic mass is 28.4. The summed E-state index contributed by atoms with van der Waals surface area (Å²) in [5.74, 6) is -0.853. The molecule has 3 fully saturated rings. The van der Waals surface area contributed by atoms with Gasteiger partial charge in [-0.2, -0.15) is 0 Å². The van der Waals surface area contributed by atoms with Crippen LogP contribution < -0.4 is 14.7 Å². The second kappa shape index (κ2) is 13.5. The third-order valence-corrected chi connectivity index (χ3v) is 14.8. The zero-order valence-electron chi connectivity index (χ0n) is 30.7. The Morgan fingerprint density at radius 3 is 2.23 bits per heavy atom. The summed E-state index contributed by atoms with van der Waals surface area (Å²) in [6.07, 6.45) is 2.26. The zero-order chi connectivity index (χ0) is 37.2. The van der Waals surface area contributed by atoms with E-state index < -0.39 is 31.5 Å². The molecule has 0 saturated carbocycles. The van der Waals surface area contributed by atoms with Gasteiger partial charge in [-0.25, -0.2) is 0 Å². The van der Waals surface area contributed by atoms with Crippen LogP contribution in [0, 0.1) is 5.92 Å². The number of aliphatic hydroxyl groups is 1. The van der Waals surface area contributed by atoms with Crippen LogP contribution in [0.15, 0.2) is 66.7 Å². The Kier molecular flexibility index (Phi) is 9.08. The Labute approximate surface area is 311 Å². The fourth-order valence-electron chi connectivity index (χ4n) is 9.77. The average Bonchev–Trinajstić information content (AvgIpc) is 3.89. The molecule has 0 aromatic heterocycles. The van der Waals surface area contributed by atoms with Crippen molar-refractivity contribution in [2.24, 2.45) is 5.92 Å². The lowest BCUT2D eigenvalue weighted by Crippen LogP contribution is -2.48. The van der Waals surface area contributed by atoms with Gasteiger partial charge in [-0.05, 0) is 79.4 Å². The molecule has 5 heterocycles. The van der Waals surface area contributed by atoms with E-state index in [1.54, 1.807) is 19.6 Å². The van der Waals surface area contributed by atoms with Crippen molar-refractivity contribution in [3.8, 4) is 0 Å². The SMILES string of the molecule is C[C@H]1[C@H]([Si](C)(C)O)[C@@H](CC(=O)N2Cc3ccccc3C[C@H]2CO)O[C@]12C(=O)N(Cc1cccc(N3CCCC3=O)c1)c1ccc(N3CCCC3=O)cc12. The van der Waals surface area contributed by atoms with Crippen molar-refractivity contribution in [3.05, 3.63) is 89.0 Å². The summed E-state index contributed by atoms with van der Waals surface area (Å²) in [5.41, 5.74) is 3.80. The minimum absolute atomic E-state index is 0.0284. The lowest BCUT2D eigenvalue weighted by Gasteiger charge is -2.37. The van der Waals surface area contributed by atoms with Gasteiger partial charge < -0.3 is 34.2 Å². The van der Waals surface area contributed by atoms with Crippen LogP contribution >= 0.6 is 0 Å². The highest BCUT2D eigenvalue weighted by Crippen LogP contribution is 2.60. The van der Waals surface area contributed by atoms with E-state index in [2.05, 4.69) is 0 Å². The standard InChI is InChI=1S/C41H48N4O7Si/c1-26-39(53(2,3)51)35(22-38(49)44-24-29-11-5-4-10-28(29)20-32(44)25-46)52-41(26)33-21-31(43-18-8-14-37(43)48)15-16-34(33)45(40(41)50)23-27-9-6-12-30(19-27)42-17-7-13-36(42)47/h4-6,9-12,15-16,19,21,26,32,35,39,46,51H,7-8,13-14,17-18,20,22-25H2,1-3H3/t26-,32-,35+,39-,41+/m0/s1. The molecule has 0 bridgehead atoms. The molecule has 8 rings (SSSR count). The van der Waals surface area contributed by atoms with Crippen LogP contribution in [0.4, 0.5) is 17.1 Å². The summed E-state index contributed by atoms with van der Waals surface area (Å²) < 4.78 is 7.05. The fraction of sp³-hybridized carbons (Fsp3) is 0.463. The van der Waals surface area contributed by atoms with Crippen LogP contribution in [0.25, 0.3) is 0 Å². The van der Waals surface area contributed by atoms with Gasteiger partial charge in [0.1, 0.15) is 0 Å². The molecule has 4 amide bonds. The van der Waals surface area contributed by atoms with Crippen molar-refractivity contribution in [1.82, 2.24) is 4.90 Å². The van der Waals surface area contributed by atoms with Gasteiger partial charge in [0.15, 0.2) is 13.9 Å². The van der Waals surface area contributed by atoms with Crippen molar-refractivity contribution in [2.75, 3.05) is 34.4 Å². The van der Waals surface area contributed by atoms with Gasteiger partial charge in [0.25, 0.3) is 5.91 Å².